The molecular weight excluding hydrogens is 673 g/mol. The molecule has 42 heavy (non-hydrogen) atoms. The van der Waals surface area contributed by atoms with Crippen LogP contribution in [0.2, 0.25) is 0 Å². The summed E-state index contributed by atoms with van der Waals surface area (Å²) in [6, 6.07) is 8.07. The van der Waals surface area contributed by atoms with Crippen LogP contribution >= 0.6 is 11.3 Å². The number of nitrogens with zero attached hydrogens (tertiary/aromatic N) is 4. The van der Waals surface area contributed by atoms with E-state index < -0.39 is 33.1 Å². The van der Waals surface area contributed by atoms with E-state index in [1.165, 1.54) is 21.0 Å². The van der Waals surface area contributed by atoms with Crippen molar-refractivity contribution in [2.75, 3.05) is 26.4 Å². The molecule has 0 saturated carbocycles. The first-order chi connectivity index (χ1) is 20.5. The SMILES string of the molecule is CC1=CC(c2nc3c4ccsc4c2-c2c(F)cc(F)cc2OCCOC/C=C/COc2cc4c(cnn4C)cc2-3)=N[I-]1. The number of rotatable bonds is 1. The second kappa shape index (κ2) is 11.2. The number of ether oxygens (including phenoxy) is 3. The Bertz CT molecular complexity index is 1960. The molecule has 2 aliphatic rings. The maximum atomic E-state index is 15.9. The zero-order valence-corrected chi connectivity index (χ0v) is 25.6. The summed E-state index contributed by atoms with van der Waals surface area (Å²) >= 11 is 0.905. The molecule has 0 fully saturated rings. The molecule has 0 N–H and O–H groups in total. The molecule has 2 bridgehead atoms. The Kier molecular flexibility index (Phi) is 7.24. The van der Waals surface area contributed by atoms with E-state index in [2.05, 4.69) is 5.10 Å². The molecule has 3 aromatic heterocycles. The van der Waals surface area contributed by atoms with E-state index in [1.807, 2.05) is 62.0 Å². The number of thiophene rings is 1. The summed E-state index contributed by atoms with van der Waals surface area (Å²) in [5, 5.41) is 8.14. The number of aromatic nitrogens is 3. The van der Waals surface area contributed by atoms with Gasteiger partial charge in [-0.25, -0.2) is 0 Å². The molecule has 0 atom stereocenters. The fourth-order valence-corrected chi connectivity index (χ4v) is 7.52. The van der Waals surface area contributed by atoms with Gasteiger partial charge in [0, 0.05) is 0 Å². The number of benzene rings is 2. The number of pyridine rings is 1. The van der Waals surface area contributed by atoms with Gasteiger partial charge in [0.25, 0.3) is 0 Å². The fraction of sp³-hybridized carbons (Fsp3) is 0.194. The molecule has 2 aliphatic heterocycles. The summed E-state index contributed by atoms with van der Waals surface area (Å²) in [5.41, 5.74) is 4.27. The Morgan fingerprint density at radius 3 is 2.71 bits per heavy atom. The van der Waals surface area contributed by atoms with Crippen molar-refractivity contribution in [3.8, 4) is 33.9 Å². The van der Waals surface area contributed by atoms with Gasteiger partial charge in [0.2, 0.25) is 0 Å². The number of hydrogen-bond acceptors (Lipinski definition) is 7. The minimum atomic E-state index is -0.730. The summed E-state index contributed by atoms with van der Waals surface area (Å²) in [5.74, 6) is -0.714. The van der Waals surface area contributed by atoms with Crippen LogP contribution in [0.1, 0.15) is 12.6 Å². The summed E-state index contributed by atoms with van der Waals surface area (Å²) in [4.78, 5) is 5.22. The molecule has 5 aromatic rings. The standard InChI is InChI=1S/C31H24F2IN4O3S/c1-17-11-23(37-34-17)30-28-27-22(33)13-19(32)14-26(27)41-9-8-39-6-3-4-7-40-25-15-24-18(16-35-38(24)2)12-21(25)29(36-30)20-5-10-42-31(20)28/h3-5,10-16H,6-9H2,1-2H3/q-1/b4-3+. The van der Waals surface area contributed by atoms with Crippen LogP contribution in [0, 0.1) is 11.6 Å². The average Bonchev–Trinajstić information content (AvgIpc) is 3.71. The molecule has 5 heterocycles. The normalized spacial score (nSPS) is 16.6. The first-order valence-corrected chi connectivity index (χ1v) is 16.2. The van der Waals surface area contributed by atoms with Crippen molar-refractivity contribution in [2.45, 2.75) is 6.92 Å². The van der Waals surface area contributed by atoms with Crippen LogP contribution in [0.15, 0.2) is 66.9 Å². The van der Waals surface area contributed by atoms with Gasteiger partial charge in [0.05, 0.1) is 0 Å². The van der Waals surface area contributed by atoms with E-state index in [4.69, 9.17) is 22.4 Å². The second-order valence-electron chi connectivity index (χ2n) is 9.77. The predicted molar refractivity (Wildman–Crippen MR) is 156 cm³/mol. The average molecular weight is 698 g/mol. The first kappa shape index (κ1) is 27.2. The molecule has 0 aliphatic carbocycles. The van der Waals surface area contributed by atoms with Crippen LogP contribution in [0.4, 0.5) is 8.78 Å². The Morgan fingerprint density at radius 2 is 1.86 bits per heavy atom. The van der Waals surface area contributed by atoms with Crippen LogP contribution in [-0.4, -0.2) is 46.9 Å². The van der Waals surface area contributed by atoms with Crippen LogP contribution in [0.25, 0.3) is 43.4 Å². The summed E-state index contributed by atoms with van der Waals surface area (Å²) in [6.07, 6.45) is 7.58. The van der Waals surface area contributed by atoms with E-state index >= 15 is 4.39 Å². The number of allylic oxidation sites excluding steroid dienone is 2. The molecule has 7 rings (SSSR count). The maximum absolute atomic E-state index is 15.9. The second-order valence-corrected chi connectivity index (χ2v) is 13.4. The first-order valence-electron chi connectivity index (χ1n) is 13.2. The van der Waals surface area contributed by atoms with Gasteiger partial charge >= 0.3 is 256 Å². The van der Waals surface area contributed by atoms with E-state index in [-0.39, 0.29) is 24.5 Å². The molecular formula is C31H24F2IN4O3S-. The van der Waals surface area contributed by atoms with Gasteiger partial charge in [0.1, 0.15) is 0 Å². The van der Waals surface area contributed by atoms with Gasteiger partial charge in [-0.3, -0.25) is 0 Å². The molecule has 214 valence electrons. The number of aryl methyl sites for hydroxylation is 1. The van der Waals surface area contributed by atoms with E-state index in [9.17, 15) is 4.39 Å². The molecule has 0 amide bonds. The topological polar surface area (TPSA) is 70.8 Å². The van der Waals surface area contributed by atoms with Gasteiger partial charge in [-0.1, -0.05) is 0 Å². The van der Waals surface area contributed by atoms with Crippen molar-refractivity contribution in [1.29, 1.82) is 0 Å². The fourth-order valence-electron chi connectivity index (χ4n) is 5.13. The van der Waals surface area contributed by atoms with Crippen LogP contribution in [-0.2, 0) is 11.8 Å². The number of hydrogen-bond donors (Lipinski definition) is 0. The van der Waals surface area contributed by atoms with Crippen LogP contribution in [0.5, 0.6) is 11.5 Å². The van der Waals surface area contributed by atoms with E-state index in [0.717, 1.165) is 32.6 Å². The van der Waals surface area contributed by atoms with Gasteiger partial charge in [-0.2, -0.15) is 0 Å². The third-order valence-corrected chi connectivity index (χ3v) is 9.79. The zero-order chi connectivity index (χ0) is 28.8. The molecule has 7 nitrogen and oxygen atoms in total. The van der Waals surface area contributed by atoms with Gasteiger partial charge in [0.15, 0.2) is 0 Å². The minimum absolute atomic E-state index is 0.0938. The number of fused-ring (bicyclic) bond motifs is 5. The van der Waals surface area contributed by atoms with Crippen LogP contribution < -0.4 is 31.0 Å². The summed E-state index contributed by atoms with van der Waals surface area (Å²) < 4.78 is 57.0. The van der Waals surface area contributed by atoms with Crippen molar-refractivity contribution in [3.05, 3.63) is 81.0 Å². The predicted octanol–water partition coefficient (Wildman–Crippen LogP) is 3.85. The molecule has 0 saturated heterocycles. The van der Waals surface area contributed by atoms with Crippen molar-refractivity contribution in [3.63, 3.8) is 0 Å². The van der Waals surface area contributed by atoms with Gasteiger partial charge in [-0.15, -0.1) is 0 Å². The molecule has 0 unspecified atom stereocenters. The van der Waals surface area contributed by atoms with Crippen LogP contribution in [0.3, 0.4) is 0 Å². The Balaban J connectivity index is 1.57. The van der Waals surface area contributed by atoms with E-state index in [0.29, 0.717) is 41.6 Å². The zero-order valence-electron chi connectivity index (χ0n) is 22.7. The molecule has 11 heteroatoms. The van der Waals surface area contributed by atoms with Gasteiger partial charge in [-0.05, 0) is 0 Å². The Labute approximate surface area is 254 Å². The van der Waals surface area contributed by atoms with Crippen molar-refractivity contribution < 1.29 is 44.5 Å². The van der Waals surface area contributed by atoms with Crippen molar-refractivity contribution in [1.82, 2.24) is 14.8 Å². The molecule has 2 aromatic carbocycles. The van der Waals surface area contributed by atoms with Crippen molar-refractivity contribution >= 4 is 38.0 Å². The Morgan fingerprint density at radius 1 is 0.976 bits per heavy atom. The molecule has 0 spiro atoms. The summed E-state index contributed by atoms with van der Waals surface area (Å²) in [6.45, 7) is 3.06. The quantitative estimate of drug-likeness (QED) is 0.197. The third-order valence-electron chi connectivity index (χ3n) is 7.03. The molecule has 0 radical (unpaired) electrons. The third kappa shape index (κ3) is 4.88. The van der Waals surface area contributed by atoms with E-state index in [1.54, 1.807) is 4.68 Å². The van der Waals surface area contributed by atoms with Crippen molar-refractivity contribution in [2.24, 2.45) is 10.3 Å². The number of halogens is 3. The Hall–Kier alpha value is -3.68. The summed E-state index contributed by atoms with van der Waals surface area (Å²) in [7, 11) is 1.89. The van der Waals surface area contributed by atoms with Gasteiger partial charge < -0.3 is 0 Å². The monoisotopic (exact) mass is 697 g/mol.